The van der Waals surface area contributed by atoms with Gasteiger partial charge in [-0.3, -0.25) is 4.79 Å². The molecule has 0 saturated heterocycles. The van der Waals surface area contributed by atoms with Gasteiger partial charge in [0.25, 0.3) is 0 Å². The molecule has 4 heteroatoms. The van der Waals surface area contributed by atoms with Crippen LogP contribution in [0.2, 0.25) is 0 Å². The first kappa shape index (κ1) is 16.1. The maximum absolute atomic E-state index is 12.4. The normalized spacial score (nSPS) is 9.95. The molecule has 0 atom stereocenters. The lowest BCUT2D eigenvalue weighted by Crippen LogP contribution is -2.33. The molecule has 0 heterocycles. The van der Waals surface area contributed by atoms with Crippen molar-refractivity contribution < 1.29 is 4.79 Å². The van der Waals surface area contributed by atoms with Crippen molar-refractivity contribution in [2.24, 2.45) is 0 Å². The van der Waals surface area contributed by atoms with Gasteiger partial charge < -0.3 is 4.90 Å². The summed E-state index contributed by atoms with van der Waals surface area (Å²) >= 11 is 1.60. The van der Waals surface area contributed by atoms with Crippen LogP contribution in [-0.2, 0) is 10.5 Å². The zero-order chi connectivity index (χ0) is 15.6. The van der Waals surface area contributed by atoms with Gasteiger partial charge in [0.05, 0.1) is 18.2 Å². The van der Waals surface area contributed by atoms with Crippen LogP contribution in [0.5, 0.6) is 0 Å². The number of nitriles is 1. The summed E-state index contributed by atoms with van der Waals surface area (Å²) in [5.74, 6) is 1.27. The van der Waals surface area contributed by atoms with Gasteiger partial charge >= 0.3 is 0 Å². The molecule has 22 heavy (non-hydrogen) atoms. The van der Waals surface area contributed by atoms with Crippen LogP contribution in [0, 0.1) is 11.3 Å². The van der Waals surface area contributed by atoms with Gasteiger partial charge in [-0.05, 0) is 17.7 Å². The minimum absolute atomic E-state index is 0.0439. The van der Waals surface area contributed by atoms with E-state index in [1.807, 2.05) is 48.5 Å². The second-order valence-electron chi connectivity index (χ2n) is 4.77. The molecule has 0 fully saturated rings. The van der Waals surface area contributed by atoms with Gasteiger partial charge in [0.1, 0.15) is 0 Å². The lowest BCUT2D eigenvalue weighted by molar-refractivity contribution is -0.116. The van der Waals surface area contributed by atoms with Crippen molar-refractivity contribution in [1.29, 1.82) is 5.26 Å². The topological polar surface area (TPSA) is 44.1 Å². The molecule has 2 rings (SSSR count). The van der Waals surface area contributed by atoms with E-state index in [4.69, 9.17) is 5.26 Å². The molecule has 0 bridgehead atoms. The highest BCUT2D eigenvalue weighted by Crippen LogP contribution is 2.17. The Labute approximate surface area is 135 Å². The minimum atomic E-state index is 0.0439. The SMILES string of the molecule is N#CCCN(C(=O)CSCc1ccccc1)c1ccccc1. The van der Waals surface area contributed by atoms with Crippen LogP contribution in [0.25, 0.3) is 0 Å². The first-order chi connectivity index (χ1) is 10.8. The lowest BCUT2D eigenvalue weighted by atomic mass is 10.2. The average molecular weight is 310 g/mol. The largest absolute Gasteiger partial charge is 0.311 e. The van der Waals surface area contributed by atoms with Crippen LogP contribution < -0.4 is 4.90 Å². The maximum atomic E-state index is 12.4. The Morgan fingerprint density at radius 2 is 1.68 bits per heavy atom. The van der Waals surface area contributed by atoms with Crippen molar-refractivity contribution in [2.75, 3.05) is 17.2 Å². The van der Waals surface area contributed by atoms with Crippen molar-refractivity contribution in [2.45, 2.75) is 12.2 Å². The summed E-state index contributed by atoms with van der Waals surface area (Å²) in [5, 5.41) is 8.78. The number of hydrogen-bond donors (Lipinski definition) is 0. The molecule has 0 aliphatic rings. The predicted molar refractivity (Wildman–Crippen MR) is 91.6 cm³/mol. The number of para-hydroxylation sites is 1. The van der Waals surface area contributed by atoms with Gasteiger partial charge in [0.15, 0.2) is 0 Å². The monoisotopic (exact) mass is 310 g/mol. The van der Waals surface area contributed by atoms with E-state index in [1.165, 1.54) is 5.56 Å². The quantitative estimate of drug-likeness (QED) is 0.780. The highest BCUT2D eigenvalue weighted by molar-refractivity contribution is 7.99. The van der Waals surface area contributed by atoms with Crippen LogP contribution >= 0.6 is 11.8 Å². The second kappa shape index (κ2) is 8.91. The highest BCUT2D eigenvalue weighted by Gasteiger charge is 2.15. The fraction of sp³-hybridized carbons (Fsp3) is 0.222. The number of rotatable bonds is 7. The van der Waals surface area contributed by atoms with Crippen LogP contribution in [0.15, 0.2) is 60.7 Å². The summed E-state index contributed by atoms with van der Waals surface area (Å²) in [5.41, 5.74) is 2.06. The molecule has 0 saturated carbocycles. The summed E-state index contributed by atoms with van der Waals surface area (Å²) in [4.78, 5) is 14.1. The van der Waals surface area contributed by atoms with Gasteiger partial charge in [0.2, 0.25) is 5.91 Å². The Morgan fingerprint density at radius 3 is 2.32 bits per heavy atom. The van der Waals surface area contributed by atoms with Gasteiger partial charge in [-0.2, -0.15) is 5.26 Å². The van der Waals surface area contributed by atoms with Gasteiger partial charge in [-0.15, -0.1) is 11.8 Å². The molecule has 2 aromatic rings. The third-order valence-electron chi connectivity index (χ3n) is 3.15. The first-order valence-electron chi connectivity index (χ1n) is 7.15. The summed E-state index contributed by atoms with van der Waals surface area (Å²) < 4.78 is 0. The van der Waals surface area contributed by atoms with E-state index in [2.05, 4.69) is 18.2 Å². The fourth-order valence-corrected chi connectivity index (χ4v) is 2.94. The van der Waals surface area contributed by atoms with E-state index in [0.29, 0.717) is 18.7 Å². The molecule has 0 aliphatic carbocycles. The summed E-state index contributed by atoms with van der Waals surface area (Å²) in [6.45, 7) is 0.436. The van der Waals surface area contributed by atoms with E-state index >= 15 is 0 Å². The molecule has 0 spiro atoms. The average Bonchev–Trinajstić information content (AvgIpc) is 2.57. The molecular formula is C18H18N2OS. The molecule has 112 valence electrons. The molecule has 0 radical (unpaired) electrons. The van der Waals surface area contributed by atoms with E-state index in [0.717, 1.165) is 11.4 Å². The number of carbonyl (C=O) groups excluding carboxylic acids is 1. The molecule has 2 aromatic carbocycles. The van der Waals surface area contributed by atoms with E-state index in [-0.39, 0.29) is 5.91 Å². The van der Waals surface area contributed by atoms with Gasteiger partial charge in [-0.1, -0.05) is 48.5 Å². The van der Waals surface area contributed by atoms with E-state index in [1.54, 1.807) is 16.7 Å². The summed E-state index contributed by atoms with van der Waals surface area (Å²) in [6, 6.07) is 21.7. The van der Waals surface area contributed by atoms with Crippen molar-refractivity contribution in [1.82, 2.24) is 0 Å². The first-order valence-corrected chi connectivity index (χ1v) is 8.31. The Morgan fingerprint density at radius 1 is 1.05 bits per heavy atom. The standard InChI is InChI=1S/C18H18N2OS/c19-12-7-13-20(17-10-5-2-6-11-17)18(21)15-22-14-16-8-3-1-4-9-16/h1-6,8-11H,7,13-15H2. The van der Waals surface area contributed by atoms with Crippen molar-refractivity contribution in [3.8, 4) is 6.07 Å². The summed E-state index contributed by atoms with van der Waals surface area (Å²) in [6.07, 6.45) is 0.337. The number of thioether (sulfide) groups is 1. The smallest absolute Gasteiger partial charge is 0.237 e. The minimum Gasteiger partial charge on any atom is -0.311 e. The zero-order valence-corrected chi connectivity index (χ0v) is 13.1. The van der Waals surface area contributed by atoms with Crippen molar-refractivity contribution in [3.63, 3.8) is 0 Å². The predicted octanol–water partition coefficient (Wildman–Crippen LogP) is 3.87. The molecule has 0 aromatic heterocycles. The molecule has 0 aliphatic heterocycles. The third kappa shape index (κ3) is 4.94. The van der Waals surface area contributed by atoms with E-state index < -0.39 is 0 Å². The number of carbonyl (C=O) groups is 1. The number of benzene rings is 2. The molecule has 1 amide bonds. The third-order valence-corrected chi connectivity index (χ3v) is 4.14. The number of hydrogen-bond acceptors (Lipinski definition) is 3. The fourth-order valence-electron chi connectivity index (χ4n) is 2.08. The van der Waals surface area contributed by atoms with Crippen LogP contribution in [0.1, 0.15) is 12.0 Å². The lowest BCUT2D eigenvalue weighted by Gasteiger charge is -2.21. The summed E-state index contributed by atoms with van der Waals surface area (Å²) in [7, 11) is 0. The number of anilines is 1. The molecule has 0 unspecified atom stereocenters. The highest BCUT2D eigenvalue weighted by atomic mass is 32.2. The number of amides is 1. The number of nitrogens with zero attached hydrogens (tertiary/aromatic N) is 2. The zero-order valence-electron chi connectivity index (χ0n) is 12.3. The molecular weight excluding hydrogens is 292 g/mol. The Bertz CT molecular complexity index is 623. The van der Waals surface area contributed by atoms with Gasteiger partial charge in [-0.25, -0.2) is 0 Å². The molecule has 0 N–H and O–H groups in total. The second-order valence-corrected chi connectivity index (χ2v) is 5.75. The van der Waals surface area contributed by atoms with Crippen LogP contribution in [0.3, 0.4) is 0 Å². The Hall–Kier alpha value is -2.25. The Balaban J connectivity index is 1.93. The molecule has 3 nitrogen and oxygen atoms in total. The van der Waals surface area contributed by atoms with Crippen molar-refractivity contribution >= 4 is 23.4 Å². The van der Waals surface area contributed by atoms with Crippen LogP contribution in [0.4, 0.5) is 5.69 Å². The van der Waals surface area contributed by atoms with Gasteiger partial charge in [0, 0.05) is 18.0 Å². The van der Waals surface area contributed by atoms with E-state index in [9.17, 15) is 4.79 Å². The van der Waals surface area contributed by atoms with Crippen molar-refractivity contribution in [3.05, 3.63) is 66.2 Å². The maximum Gasteiger partial charge on any atom is 0.237 e. The van der Waals surface area contributed by atoms with Crippen LogP contribution in [-0.4, -0.2) is 18.2 Å². The Kier molecular flexibility index (Phi) is 6.53.